The molecule has 6 nitrogen and oxygen atoms in total. The molecule has 1 aliphatic heterocycles. The van der Waals surface area contributed by atoms with Crippen LogP contribution in [-0.4, -0.2) is 62.0 Å². The molecule has 0 aromatic heterocycles. The molecule has 1 heterocycles. The van der Waals surface area contributed by atoms with Crippen molar-refractivity contribution in [3.8, 4) is 0 Å². The molecule has 1 saturated heterocycles. The highest BCUT2D eigenvalue weighted by atomic mass is 16.5. The highest BCUT2D eigenvalue weighted by molar-refractivity contribution is 5.67. The number of carbonyl (C=O) groups is 1. The summed E-state index contributed by atoms with van der Waals surface area (Å²) in [5, 5.41) is 6.48. The van der Waals surface area contributed by atoms with Gasteiger partial charge in [0, 0.05) is 31.7 Å². The SMILES string of the molecule is CCN1CCOC(CNC2CC(NC(=O)OCc3ccccc3)C2)C1. The average molecular weight is 347 g/mol. The van der Waals surface area contributed by atoms with Crippen molar-refractivity contribution in [1.29, 1.82) is 0 Å². The number of carbonyl (C=O) groups excluding carboxylic acids is 1. The molecular weight excluding hydrogens is 318 g/mol. The van der Waals surface area contributed by atoms with Crippen molar-refractivity contribution < 1.29 is 14.3 Å². The molecule has 6 heteroatoms. The van der Waals surface area contributed by atoms with Crippen molar-refractivity contribution in [3.05, 3.63) is 35.9 Å². The fraction of sp³-hybridized carbons (Fsp3) is 0.632. The zero-order valence-electron chi connectivity index (χ0n) is 14.9. The highest BCUT2D eigenvalue weighted by Crippen LogP contribution is 2.20. The van der Waals surface area contributed by atoms with Crippen molar-refractivity contribution in [1.82, 2.24) is 15.5 Å². The minimum absolute atomic E-state index is 0.209. The van der Waals surface area contributed by atoms with E-state index < -0.39 is 0 Å². The third kappa shape index (κ3) is 5.70. The Hall–Kier alpha value is -1.63. The van der Waals surface area contributed by atoms with Crippen LogP contribution < -0.4 is 10.6 Å². The van der Waals surface area contributed by atoms with Crippen LogP contribution in [0.4, 0.5) is 4.79 Å². The molecule has 2 N–H and O–H groups in total. The van der Waals surface area contributed by atoms with E-state index in [2.05, 4.69) is 22.5 Å². The number of nitrogens with one attached hydrogen (secondary N) is 2. The fourth-order valence-electron chi connectivity index (χ4n) is 3.32. The first kappa shape index (κ1) is 18.2. The van der Waals surface area contributed by atoms with E-state index in [0.717, 1.165) is 51.2 Å². The van der Waals surface area contributed by atoms with Crippen molar-refractivity contribution in [2.75, 3.05) is 32.8 Å². The van der Waals surface area contributed by atoms with Crippen LogP contribution in [0.25, 0.3) is 0 Å². The quantitative estimate of drug-likeness (QED) is 0.787. The van der Waals surface area contributed by atoms with Crippen molar-refractivity contribution in [2.24, 2.45) is 0 Å². The summed E-state index contributed by atoms with van der Waals surface area (Å²) in [4.78, 5) is 14.2. The molecule has 1 aliphatic carbocycles. The second-order valence-corrected chi connectivity index (χ2v) is 6.87. The zero-order chi connectivity index (χ0) is 17.5. The van der Waals surface area contributed by atoms with Crippen LogP contribution in [0.15, 0.2) is 30.3 Å². The molecule has 1 saturated carbocycles. The maximum atomic E-state index is 11.8. The summed E-state index contributed by atoms with van der Waals surface area (Å²) in [7, 11) is 0. The summed E-state index contributed by atoms with van der Waals surface area (Å²) < 4.78 is 11.1. The lowest BCUT2D eigenvalue weighted by molar-refractivity contribution is -0.0278. The number of likely N-dealkylation sites (N-methyl/N-ethyl adjacent to an activating group) is 1. The molecule has 1 aromatic carbocycles. The van der Waals surface area contributed by atoms with Crippen molar-refractivity contribution >= 4 is 6.09 Å². The number of rotatable bonds is 7. The van der Waals surface area contributed by atoms with E-state index in [-0.39, 0.29) is 18.2 Å². The van der Waals surface area contributed by atoms with Gasteiger partial charge in [-0.15, -0.1) is 0 Å². The molecule has 25 heavy (non-hydrogen) atoms. The van der Waals surface area contributed by atoms with E-state index >= 15 is 0 Å². The normalized spacial score (nSPS) is 26.7. The van der Waals surface area contributed by atoms with E-state index in [1.165, 1.54) is 0 Å². The standard InChI is InChI=1S/C19H29N3O3/c1-2-22-8-9-24-18(13-22)12-20-16-10-17(11-16)21-19(23)25-14-15-6-4-3-5-7-15/h3-7,16-18,20H,2,8-14H2,1H3,(H,21,23). The average Bonchev–Trinajstić information content (AvgIpc) is 2.62. The highest BCUT2D eigenvalue weighted by Gasteiger charge is 2.31. The van der Waals surface area contributed by atoms with Crippen LogP contribution >= 0.6 is 0 Å². The lowest BCUT2D eigenvalue weighted by Crippen LogP contribution is -2.55. The Labute approximate surface area is 149 Å². The Bertz CT molecular complexity index is 534. The van der Waals surface area contributed by atoms with Gasteiger partial charge in [-0.3, -0.25) is 4.90 Å². The fourth-order valence-corrected chi connectivity index (χ4v) is 3.32. The maximum Gasteiger partial charge on any atom is 0.407 e. The molecular formula is C19H29N3O3. The van der Waals surface area contributed by atoms with Gasteiger partial charge in [0.05, 0.1) is 12.7 Å². The van der Waals surface area contributed by atoms with Gasteiger partial charge in [0.25, 0.3) is 0 Å². The second-order valence-electron chi connectivity index (χ2n) is 6.87. The third-order valence-electron chi connectivity index (χ3n) is 4.98. The summed E-state index contributed by atoms with van der Waals surface area (Å²) in [5.41, 5.74) is 0.999. The number of alkyl carbamates (subject to hydrolysis) is 1. The van der Waals surface area contributed by atoms with Gasteiger partial charge >= 0.3 is 6.09 Å². The van der Waals surface area contributed by atoms with E-state index in [0.29, 0.717) is 12.6 Å². The van der Waals surface area contributed by atoms with Crippen LogP contribution in [0.5, 0.6) is 0 Å². The predicted molar refractivity (Wildman–Crippen MR) is 96.4 cm³/mol. The Morgan fingerprint density at radius 3 is 2.84 bits per heavy atom. The minimum Gasteiger partial charge on any atom is -0.445 e. The second kappa shape index (κ2) is 9.17. The van der Waals surface area contributed by atoms with E-state index in [9.17, 15) is 4.79 Å². The number of hydrogen-bond donors (Lipinski definition) is 2. The first-order valence-electron chi connectivity index (χ1n) is 9.27. The van der Waals surface area contributed by atoms with Gasteiger partial charge in [-0.2, -0.15) is 0 Å². The number of benzene rings is 1. The molecule has 138 valence electrons. The minimum atomic E-state index is -0.332. The smallest absolute Gasteiger partial charge is 0.407 e. The summed E-state index contributed by atoms with van der Waals surface area (Å²) in [6, 6.07) is 10.4. The van der Waals surface area contributed by atoms with Gasteiger partial charge in [-0.25, -0.2) is 4.79 Å². The zero-order valence-corrected chi connectivity index (χ0v) is 14.9. The number of morpholine rings is 1. The van der Waals surface area contributed by atoms with E-state index in [4.69, 9.17) is 9.47 Å². The molecule has 0 radical (unpaired) electrons. The Morgan fingerprint density at radius 1 is 1.28 bits per heavy atom. The van der Waals surface area contributed by atoms with E-state index in [1.807, 2.05) is 30.3 Å². The molecule has 0 spiro atoms. The number of nitrogens with zero attached hydrogens (tertiary/aromatic N) is 1. The lowest BCUT2D eigenvalue weighted by Gasteiger charge is -2.38. The van der Waals surface area contributed by atoms with E-state index in [1.54, 1.807) is 0 Å². The van der Waals surface area contributed by atoms with Gasteiger partial charge in [0.2, 0.25) is 0 Å². The molecule has 2 fully saturated rings. The summed E-state index contributed by atoms with van der Waals surface area (Å²) in [5.74, 6) is 0. The molecule has 1 unspecified atom stereocenters. The van der Waals surface area contributed by atoms with Gasteiger partial charge in [-0.1, -0.05) is 37.3 Å². The van der Waals surface area contributed by atoms with Gasteiger partial charge in [0.15, 0.2) is 0 Å². The molecule has 2 aliphatic rings. The summed E-state index contributed by atoms with van der Waals surface area (Å²) in [6.07, 6.45) is 1.84. The number of hydrogen-bond acceptors (Lipinski definition) is 5. The predicted octanol–water partition coefficient (Wildman–Crippen LogP) is 1.75. The van der Waals surface area contributed by atoms with Gasteiger partial charge in [0.1, 0.15) is 6.61 Å². The van der Waals surface area contributed by atoms with Crippen LogP contribution in [0.1, 0.15) is 25.3 Å². The van der Waals surface area contributed by atoms with Gasteiger partial charge in [-0.05, 0) is 24.9 Å². The topological polar surface area (TPSA) is 62.8 Å². The molecule has 3 rings (SSSR count). The Balaban J connectivity index is 1.26. The Morgan fingerprint density at radius 2 is 2.08 bits per heavy atom. The molecule has 0 bridgehead atoms. The van der Waals surface area contributed by atoms with Crippen molar-refractivity contribution in [3.63, 3.8) is 0 Å². The maximum absolute atomic E-state index is 11.8. The lowest BCUT2D eigenvalue weighted by atomic mass is 9.87. The summed E-state index contributed by atoms with van der Waals surface area (Å²) in [6.45, 7) is 7.33. The number of amides is 1. The first-order chi connectivity index (χ1) is 12.2. The van der Waals surface area contributed by atoms with Gasteiger partial charge < -0.3 is 20.1 Å². The molecule has 1 atom stereocenters. The van der Waals surface area contributed by atoms with Crippen molar-refractivity contribution in [2.45, 2.75) is 44.6 Å². The summed E-state index contributed by atoms with van der Waals surface area (Å²) >= 11 is 0. The molecule has 1 amide bonds. The van der Waals surface area contributed by atoms with Crippen LogP contribution in [0.2, 0.25) is 0 Å². The Kier molecular flexibility index (Phi) is 6.67. The van der Waals surface area contributed by atoms with Crippen LogP contribution in [-0.2, 0) is 16.1 Å². The number of ether oxygens (including phenoxy) is 2. The molecule has 1 aromatic rings. The van der Waals surface area contributed by atoms with Crippen LogP contribution in [0, 0.1) is 0 Å². The van der Waals surface area contributed by atoms with Crippen LogP contribution in [0.3, 0.4) is 0 Å². The largest absolute Gasteiger partial charge is 0.445 e. The third-order valence-corrected chi connectivity index (χ3v) is 4.98. The monoisotopic (exact) mass is 347 g/mol. The first-order valence-corrected chi connectivity index (χ1v) is 9.27.